The highest BCUT2D eigenvalue weighted by Crippen LogP contribution is 2.30. The zero-order chi connectivity index (χ0) is 15.6. The lowest BCUT2D eigenvalue weighted by Gasteiger charge is -2.13. The molecule has 21 heavy (non-hydrogen) atoms. The van der Waals surface area contributed by atoms with Crippen LogP contribution in [0.1, 0.15) is 10.4 Å². The van der Waals surface area contributed by atoms with E-state index in [2.05, 4.69) is 0 Å². The van der Waals surface area contributed by atoms with Gasteiger partial charge in [-0.2, -0.15) is 0 Å². The second-order valence-electron chi connectivity index (χ2n) is 4.63. The average Bonchev–Trinajstić information content (AvgIpc) is 2.44. The van der Waals surface area contributed by atoms with Gasteiger partial charge in [-0.05, 0) is 30.3 Å². The summed E-state index contributed by atoms with van der Waals surface area (Å²) in [6.07, 6.45) is 0. The zero-order valence-electron chi connectivity index (χ0n) is 11.6. The van der Waals surface area contributed by atoms with Crippen LogP contribution in [0.15, 0.2) is 36.4 Å². The van der Waals surface area contributed by atoms with Gasteiger partial charge in [0.25, 0.3) is 5.91 Å². The molecule has 4 nitrogen and oxygen atoms in total. The Bertz CT molecular complexity index is 689. The summed E-state index contributed by atoms with van der Waals surface area (Å²) in [5.41, 5.74) is 6.64. The van der Waals surface area contributed by atoms with E-state index in [1.54, 1.807) is 26.2 Å². The summed E-state index contributed by atoms with van der Waals surface area (Å²) >= 11 is 5.69. The van der Waals surface area contributed by atoms with Gasteiger partial charge in [0.2, 0.25) is 0 Å². The van der Waals surface area contributed by atoms with Crippen LogP contribution in [0, 0.1) is 5.82 Å². The van der Waals surface area contributed by atoms with Crippen molar-refractivity contribution >= 4 is 23.2 Å². The maximum atomic E-state index is 13.1. The maximum Gasteiger partial charge on any atom is 0.253 e. The van der Waals surface area contributed by atoms with Gasteiger partial charge in [0.05, 0.1) is 10.7 Å². The average molecular weight is 309 g/mol. The van der Waals surface area contributed by atoms with Crippen molar-refractivity contribution in [2.24, 2.45) is 0 Å². The van der Waals surface area contributed by atoms with E-state index in [1.165, 1.54) is 29.2 Å². The number of carbonyl (C=O) groups excluding carboxylic acids is 1. The molecule has 110 valence electrons. The molecule has 0 saturated heterocycles. The molecule has 0 heterocycles. The van der Waals surface area contributed by atoms with Gasteiger partial charge in [0.1, 0.15) is 17.3 Å². The predicted octanol–water partition coefficient (Wildman–Crippen LogP) is 3.56. The molecule has 2 aromatic carbocycles. The number of nitrogen functional groups attached to an aromatic ring is 1. The zero-order valence-corrected chi connectivity index (χ0v) is 12.3. The Kier molecular flexibility index (Phi) is 4.33. The Morgan fingerprint density at radius 2 is 1.95 bits per heavy atom. The molecule has 0 aliphatic heterocycles. The number of anilines is 1. The number of hydrogen-bond donors (Lipinski definition) is 1. The Balaban J connectivity index is 2.25. The first kappa shape index (κ1) is 15.1. The number of nitrogens with two attached hydrogens (primary N) is 1. The molecule has 1 amide bonds. The lowest BCUT2D eigenvalue weighted by Crippen LogP contribution is -2.21. The van der Waals surface area contributed by atoms with Crippen molar-refractivity contribution in [2.75, 3.05) is 19.8 Å². The van der Waals surface area contributed by atoms with E-state index in [1.807, 2.05) is 0 Å². The fourth-order valence-electron chi connectivity index (χ4n) is 1.70. The number of nitrogens with zero attached hydrogens (tertiary/aromatic N) is 1. The van der Waals surface area contributed by atoms with Crippen LogP contribution in [0.25, 0.3) is 0 Å². The van der Waals surface area contributed by atoms with Crippen LogP contribution in [-0.2, 0) is 0 Å². The van der Waals surface area contributed by atoms with E-state index < -0.39 is 5.82 Å². The molecule has 0 fully saturated rings. The molecule has 0 aromatic heterocycles. The highest BCUT2D eigenvalue weighted by molar-refractivity contribution is 6.30. The topological polar surface area (TPSA) is 55.6 Å². The van der Waals surface area contributed by atoms with Gasteiger partial charge < -0.3 is 15.4 Å². The summed E-state index contributed by atoms with van der Waals surface area (Å²) in [5, 5.41) is -0.0366. The van der Waals surface area contributed by atoms with Crippen molar-refractivity contribution < 1.29 is 13.9 Å². The SMILES string of the molecule is CN(C)C(=O)c1ccc(Oc2ccc(F)c(Cl)c2)c(N)c1. The molecule has 0 bridgehead atoms. The van der Waals surface area contributed by atoms with Crippen LogP contribution in [0.5, 0.6) is 11.5 Å². The van der Waals surface area contributed by atoms with Crippen LogP contribution in [-0.4, -0.2) is 24.9 Å². The van der Waals surface area contributed by atoms with Crippen LogP contribution >= 0.6 is 11.6 Å². The number of carbonyl (C=O) groups is 1. The molecule has 0 unspecified atom stereocenters. The van der Waals surface area contributed by atoms with Crippen molar-refractivity contribution in [1.82, 2.24) is 4.90 Å². The van der Waals surface area contributed by atoms with Gasteiger partial charge in [-0.15, -0.1) is 0 Å². The largest absolute Gasteiger partial charge is 0.455 e. The standard InChI is InChI=1S/C15H14ClFN2O2/c1-19(2)15(20)9-3-6-14(13(18)7-9)21-10-4-5-12(17)11(16)8-10/h3-8H,18H2,1-2H3. The molecule has 2 aromatic rings. The number of hydrogen-bond acceptors (Lipinski definition) is 3. The van der Waals surface area contributed by atoms with Gasteiger partial charge in [-0.3, -0.25) is 4.79 Å². The third kappa shape index (κ3) is 3.44. The highest BCUT2D eigenvalue weighted by Gasteiger charge is 2.11. The molecule has 0 spiro atoms. The Morgan fingerprint density at radius 3 is 2.52 bits per heavy atom. The monoisotopic (exact) mass is 308 g/mol. The first-order valence-corrected chi connectivity index (χ1v) is 6.50. The van der Waals surface area contributed by atoms with Crippen molar-refractivity contribution in [3.05, 3.63) is 52.8 Å². The fourth-order valence-corrected chi connectivity index (χ4v) is 1.87. The van der Waals surface area contributed by atoms with E-state index in [9.17, 15) is 9.18 Å². The predicted molar refractivity (Wildman–Crippen MR) is 80.4 cm³/mol. The molecule has 0 aliphatic rings. The van der Waals surface area contributed by atoms with E-state index in [0.717, 1.165) is 0 Å². The minimum Gasteiger partial charge on any atom is -0.455 e. The van der Waals surface area contributed by atoms with E-state index >= 15 is 0 Å². The lowest BCUT2D eigenvalue weighted by atomic mass is 10.1. The second kappa shape index (κ2) is 6.01. The van der Waals surface area contributed by atoms with Crippen LogP contribution in [0.2, 0.25) is 5.02 Å². The number of rotatable bonds is 3. The quantitative estimate of drug-likeness (QED) is 0.882. The summed E-state index contributed by atoms with van der Waals surface area (Å²) in [6.45, 7) is 0. The van der Waals surface area contributed by atoms with Gasteiger partial charge in [0, 0.05) is 25.7 Å². The van der Waals surface area contributed by atoms with Crippen LogP contribution < -0.4 is 10.5 Å². The van der Waals surface area contributed by atoms with Gasteiger partial charge in [0.15, 0.2) is 0 Å². The van der Waals surface area contributed by atoms with Crippen LogP contribution in [0.4, 0.5) is 10.1 Å². The summed E-state index contributed by atoms with van der Waals surface area (Å²) in [4.78, 5) is 13.3. The van der Waals surface area contributed by atoms with Crippen molar-refractivity contribution in [3.8, 4) is 11.5 Å². The highest BCUT2D eigenvalue weighted by atomic mass is 35.5. The third-order valence-corrected chi connectivity index (χ3v) is 3.07. The van der Waals surface area contributed by atoms with E-state index in [4.69, 9.17) is 22.1 Å². The van der Waals surface area contributed by atoms with Crippen LogP contribution in [0.3, 0.4) is 0 Å². The van der Waals surface area contributed by atoms with E-state index in [0.29, 0.717) is 22.7 Å². The number of ether oxygens (including phenoxy) is 1. The summed E-state index contributed by atoms with van der Waals surface area (Å²) in [7, 11) is 3.31. The maximum absolute atomic E-state index is 13.1. The van der Waals surface area contributed by atoms with Crippen molar-refractivity contribution in [1.29, 1.82) is 0 Å². The number of benzene rings is 2. The number of halogens is 2. The molecule has 0 radical (unpaired) electrons. The minimum absolute atomic E-state index is 0.0366. The number of amides is 1. The Morgan fingerprint density at radius 1 is 1.24 bits per heavy atom. The fraction of sp³-hybridized carbons (Fsp3) is 0.133. The minimum atomic E-state index is -0.524. The van der Waals surface area contributed by atoms with Gasteiger partial charge >= 0.3 is 0 Å². The molecular formula is C15H14ClFN2O2. The summed E-state index contributed by atoms with van der Waals surface area (Å²) < 4.78 is 18.6. The Labute approximate surface area is 126 Å². The lowest BCUT2D eigenvalue weighted by molar-refractivity contribution is 0.0827. The molecule has 6 heteroatoms. The molecular weight excluding hydrogens is 295 g/mol. The summed E-state index contributed by atoms with van der Waals surface area (Å²) in [6, 6.07) is 8.73. The Hall–Kier alpha value is -2.27. The first-order valence-electron chi connectivity index (χ1n) is 6.12. The molecule has 0 saturated carbocycles. The third-order valence-electron chi connectivity index (χ3n) is 2.78. The van der Waals surface area contributed by atoms with Gasteiger partial charge in [-0.25, -0.2) is 4.39 Å². The second-order valence-corrected chi connectivity index (χ2v) is 5.04. The molecule has 2 rings (SSSR count). The molecule has 0 atom stereocenters. The first-order chi connectivity index (χ1) is 9.88. The van der Waals surface area contributed by atoms with Crippen molar-refractivity contribution in [3.63, 3.8) is 0 Å². The smallest absolute Gasteiger partial charge is 0.253 e. The van der Waals surface area contributed by atoms with Crippen molar-refractivity contribution in [2.45, 2.75) is 0 Å². The normalized spacial score (nSPS) is 10.3. The van der Waals surface area contributed by atoms with Gasteiger partial charge in [-0.1, -0.05) is 11.6 Å². The summed E-state index contributed by atoms with van der Waals surface area (Å²) in [5.74, 6) is 0.0507. The van der Waals surface area contributed by atoms with E-state index in [-0.39, 0.29) is 10.9 Å². The molecule has 0 aliphatic carbocycles. The molecule has 2 N–H and O–H groups in total.